The molecule has 0 fully saturated rings. The number of rotatable bonds is 6. The Morgan fingerprint density at radius 2 is 1.77 bits per heavy atom. The van der Waals surface area contributed by atoms with Crippen LogP contribution >= 0.6 is 11.6 Å². The van der Waals surface area contributed by atoms with Crippen molar-refractivity contribution < 1.29 is 9.59 Å². The van der Waals surface area contributed by atoms with Gasteiger partial charge in [-0.1, -0.05) is 55.8 Å². The molecule has 0 amide bonds. The maximum atomic E-state index is 12.2. The number of hydrogen-bond donors (Lipinski definition) is 0. The number of Topliss-reactive ketones (excluding diaryl/α,β-unsaturated/α-hetero) is 2. The third-order valence-electron chi connectivity index (χ3n) is 3.36. The SMILES string of the molecule is CC(C)c1ccc(C(=O)CC(=O)Cc2ccccc2)c(Cl)n1. The number of hydrogen-bond acceptors (Lipinski definition) is 3. The lowest BCUT2D eigenvalue weighted by molar-refractivity contribution is -0.117. The maximum Gasteiger partial charge on any atom is 0.173 e. The topological polar surface area (TPSA) is 47.0 Å². The first-order chi connectivity index (χ1) is 10.5. The van der Waals surface area contributed by atoms with Crippen molar-refractivity contribution in [3.05, 3.63) is 64.4 Å². The van der Waals surface area contributed by atoms with E-state index in [2.05, 4.69) is 4.98 Å². The Balaban J connectivity index is 2.04. The van der Waals surface area contributed by atoms with E-state index in [0.29, 0.717) is 5.56 Å². The highest BCUT2D eigenvalue weighted by Crippen LogP contribution is 2.20. The largest absolute Gasteiger partial charge is 0.299 e. The predicted octanol–water partition coefficient (Wildman–Crippen LogP) is 4.24. The third kappa shape index (κ3) is 4.25. The summed E-state index contributed by atoms with van der Waals surface area (Å²) in [5, 5.41) is 0.170. The van der Waals surface area contributed by atoms with Crippen LogP contribution in [0.3, 0.4) is 0 Å². The van der Waals surface area contributed by atoms with Crippen molar-refractivity contribution in [1.29, 1.82) is 0 Å². The molecule has 0 saturated heterocycles. The molecule has 3 nitrogen and oxygen atoms in total. The second-order valence-corrected chi connectivity index (χ2v) is 5.89. The molecule has 1 aromatic carbocycles. The summed E-state index contributed by atoms with van der Waals surface area (Å²) in [6.45, 7) is 4.01. The normalized spacial score (nSPS) is 10.7. The number of ketones is 2. The van der Waals surface area contributed by atoms with Crippen LogP contribution in [0.1, 0.15) is 47.8 Å². The van der Waals surface area contributed by atoms with Crippen LogP contribution in [0.5, 0.6) is 0 Å². The molecule has 2 aromatic rings. The Kier molecular flexibility index (Phi) is 5.45. The number of carbonyl (C=O) groups is 2. The number of carbonyl (C=O) groups excluding carboxylic acids is 2. The van der Waals surface area contributed by atoms with Gasteiger partial charge in [0.25, 0.3) is 0 Å². The maximum absolute atomic E-state index is 12.2. The summed E-state index contributed by atoms with van der Waals surface area (Å²) in [6.07, 6.45) is 0.0963. The predicted molar refractivity (Wildman–Crippen MR) is 87.4 cm³/mol. The van der Waals surface area contributed by atoms with Crippen LogP contribution in [0.2, 0.25) is 5.15 Å². The first-order valence-electron chi connectivity index (χ1n) is 7.22. The van der Waals surface area contributed by atoms with E-state index < -0.39 is 0 Å². The van der Waals surface area contributed by atoms with Gasteiger partial charge in [-0.2, -0.15) is 0 Å². The van der Waals surface area contributed by atoms with E-state index in [0.717, 1.165) is 11.3 Å². The van der Waals surface area contributed by atoms with Crippen LogP contribution in [0.15, 0.2) is 42.5 Å². The van der Waals surface area contributed by atoms with E-state index >= 15 is 0 Å². The Hall–Kier alpha value is -2.00. The van der Waals surface area contributed by atoms with Gasteiger partial charge in [0, 0.05) is 12.1 Å². The highest BCUT2D eigenvalue weighted by atomic mass is 35.5. The molecule has 0 atom stereocenters. The highest BCUT2D eigenvalue weighted by Gasteiger charge is 2.17. The molecule has 1 aromatic heterocycles. The number of aromatic nitrogens is 1. The van der Waals surface area contributed by atoms with E-state index in [9.17, 15) is 9.59 Å². The van der Waals surface area contributed by atoms with Gasteiger partial charge in [0.2, 0.25) is 0 Å². The first kappa shape index (κ1) is 16.4. The van der Waals surface area contributed by atoms with Gasteiger partial charge in [-0.25, -0.2) is 4.98 Å². The summed E-state index contributed by atoms with van der Waals surface area (Å²) in [5.74, 6) is -0.171. The fourth-order valence-electron chi connectivity index (χ4n) is 2.14. The molecular formula is C18H18ClNO2. The van der Waals surface area contributed by atoms with Gasteiger partial charge in [-0.3, -0.25) is 9.59 Å². The summed E-state index contributed by atoms with van der Waals surface area (Å²) < 4.78 is 0. The van der Waals surface area contributed by atoms with Crippen molar-refractivity contribution in [3.8, 4) is 0 Å². The molecule has 0 aliphatic rings. The summed E-state index contributed by atoms with van der Waals surface area (Å²) >= 11 is 6.07. The molecule has 0 saturated carbocycles. The average molecular weight is 316 g/mol. The molecule has 0 aliphatic carbocycles. The summed E-state index contributed by atoms with van der Waals surface area (Å²) in [7, 11) is 0. The van der Waals surface area contributed by atoms with Gasteiger partial charge >= 0.3 is 0 Å². The minimum absolute atomic E-state index is 0.125. The van der Waals surface area contributed by atoms with Crippen molar-refractivity contribution in [2.75, 3.05) is 0 Å². The summed E-state index contributed by atoms with van der Waals surface area (Å²) in [5.41, 5.74) is 2.05. The van der Waals surface area contributed by atoms with Crippen molar-refractivity contribution in [2.45, 2.75) is 32.6 Å². The second kappa shape index (κ2) is 7.32. The Morgan fingerprint density at radius 1 is 1.09 bits per heavy atom. The zero-order valence-electron chi connectivity index (χ0n) is 12.7. The van der Waals surface area contributed by atoms with Crippen LogP contribution in [0, 0.1) is 0 Å². The molecule has 0 unspecified atom stereocenters. The number of halogens is 1. The van der Waals surface area contributed by atoms with Gasteiger partial charge in [0.15, 0.2) is 5.78 Å². The van der Waals surface area contributed by atoms with E-state index in [1.165, 1.54) is 0 Å². The second-order valence-electron chi connectivity index (χ2n) is 5.53. The number of nitrogens with zero attached hydrogens (tertiary/aromatic N) is 1. The summed E-state index contributed by atoms with van der Waals surface area (Å²) in [4.78, 5) is 28.4. The Morgan fingerprint density at radius 3 is 2.36 bits per heavy atom. The van der Waals surface area contributed by atoms with Gasteiger partial charge in [-0.05, 0) is 23.6 Å². The molecule has 4 heteroatoms. The van der Waals surface area contributed by atoms with Gasteiger partial charge in [-0.15, -0.1) is 0 Å². The first-order valence-corrected chi connectivity index (χ1v) is 7.60. The molecule has 2 rings (SSSR count). The molecular weight excluding hydrogens is 298 g/mol. The lowest BCUT2D eigenvalue weighted by Gasteiger charge is -2.08. The van der Waals surface area contributed by atoms with Crippen LogP contribution in [-0.4, -0.2) is 16.6 Å². The molecule has 0 spiro atoms. The quantitative estimate of drug-likeness (QED) is 0.455. The van der Waals surface area contributed by atoms with Crippen LogP contribution in [0.25, 0.3) is 0 Å². The van der Waals surface area contributed by atoms with Gasteiger partial charge in [0.1, 0.15) is 10.9 Å². The van der Waals surface area contributed by atoms with Crippen LogP contribution in [0.4, 0.5) is 0 Å². The lowest BCUT2D eigenvalue weighted by atomic mass is 10.0. The van der Waals surface area contributed by atoms with Crippen molar-refractivity contribution in [3.63, 3.8) is 0 Å². The molecule has 0 aliphatic heterocycles. The molecule has 0 bridgehead atoms. The minimum Gasteiger partial charge on any atom is -0.299 e. The van der Waals surface area contributed by atoms with Crippen LogP contribution < -0.4 is 0 Å². The molecule has 22 heavy (non-hydrogen) atoms. The monoisotopic (exact) mass is 315 g/mol. The van der Waals surface area contributed by atoms with Crippen molar-refractivity contribution in [1.82, 2.24) is 4.98 Å². The van der Waals surface area contributed by atoms with Crippen molar-refractivity contribution >= 4 is 23.2 Å². The van der Waals surface area contributed by atoms with E-state index in [-0.39, 0.29) is 35.5 Å². The van der Waals surface area contributed by atoms with Crippen molar-refractivity contribution in [2.24, 2.45) is 0 Å². The number of benzene rings is 1. The average Bonchev–Trinajstić information content (AvgIpc) is 2.47. The van der Waals surface area contributed by atoms with Gasteiger partial charge < -0.3 is 0 Å². The van der Waals surface area contributed by atoms with E-state index in [1.807, 2.05) is 44.2 Å². The van der Waals surface area contributed by atoms with E-state index in [1.54, 1.807) is 12.1 Å². The standard InChI is InChI=1S/C18H18ClNO2/c1-12(2)16-9-8-15(18(19)20-16)17(22)11-14(21)10-13-6-4-3-5-7-13/h3-9,12H,10-11H2,1-2H3. The molecule has 0 radical (unpaired) electrons. The minimum atomic E-state index is -0.284. The summed E-state index contributed by atoms with van der Waals surface area (Å²) in [6, 6.07) is 12.8. The molecule has 0 N–H and O–H groups in total. The lowest BCUT2D eigenvalue weighted by Crippen LogP contribution is -2.12. The Labute approximate surface area is 135 Å². The third-order valence-corrected chi connectivity index (χ3v) is 3.65. The smallest absolute Gasteiger partial charge is 0.173 e. The fourth-order valence-corrected chi connectivity index (χ4v) is 2.40. The molecule has 114 valence electrons. The highest BCUT2D eigenvalue weighted by molar-refractivity contribution is 6.33. The zero-order valence-corrected chi connectivity index (χ0v) is 13.4. The zero-order chi connectivity index (χ0) is 16.1. The van der Waals surface area contributed by atoms with Gasteiger partial charge in [0.05, 0.1) is 12.0 Å². The molecule has 1 heterocycles. The fraction of sp³-hybridized carbons (Fsp3) is 0.278. The number of pyridine rings is 1. The van der Waals surface area contributed by atoms with E-state index in [4.69, 9.17) is 11.6 Å². The Bertz CT molecular complexity index is 681. The van der Waals surface area contributed by atoms with Crippen LogP contribution in [-0.2, 0) is 11.2 Å².